The minimum atomic E-state index is -5.16. The lowest BCUT2D eigenvalue weighted by atomic mass is 9.76. The summed E-state index contributed by atoms with van der Waals surface area (Å²) in [6, 6.07) is 6.71. The Morgan fingerprint density at radius 3 is 2.46 bits per heavy atom. The molecule has 0 aromatic heterocycles. The Bertz CT molecular complexity index is 764. The van der Waals surface area contributed by atoms with Crippen molar-refractivity contribution >= 4 is 15.7 Å². The molecule has 3 atom stereocenters. The van der Waals surface area contributed by atoms with Crippen LogP contribution in [0.25, 0.3) is 0 Å². The Morgan fingerprint density at radius 2 is 1.88 bits per heavy atom. The van der Waals surface area contributed by atoms with Gasteiger partial charge in [0.2, 0.25) is 0 Å². The fraction of sp³-hybridized carbons (Fsp3) is 0.533. The van der Waals surface area contributed by atoms with Gasteiger partial charge in [-0.15, -0.1) is 4.41 Å². The third-order valence-corrected chi connectivity index (χ3v) is 6.34. The van der Waals surface area contributed by atoms with Gasteiger partial charge < -0.3 is 5.11 Å². The van der Waals surface area contributed by atoms with Crippen LogP contribution in [0.2, 0.25) is 0 Å². The van der Waals surface area contributed by atoms with E-state index in [1.165, 1.54) is 24.3 Å². The van der Waals surface area contributed by atoms with Crippen molar-refractivity contribution in [2.75, 3.05) is 0 Å². The molecular formula is C15H17F3N2O3S. The maximum atomic E-state index is 13.7. The third kappa shape index (κ3) is 2.33. The second-order valence-electron chi connectivity index (χ2n) is 6.19. The number of halogens is 3. The van der Waals surface area contributed by atoms with Crippen LogP contribution in [0.5, 0.6) is 0 Å². The smallest absolute Gasteiger partial charge is 0.361 e. The van der Waals surface area contributed by atoms with Crippen LogP contribution in [0, 0.1) is 11.8 Å². The molecule has 9 heteroatoms. The molecular weight excluding hydrogens is 345 g/mol. The molecule has 24 heavy (non-hydrogen) atoms. The fourth-order valence-electron chi connectivity index (χ4n) is 3.39. The first-order valence-electron chi connectivity index (χ1n) is 7.58. The maximum Gasteiger partial charge on any atom is 0.439 e. The van der Waals surface area contributed by atoms with E-state index in [2.05, 4.69) is 5.10 Å². The second-order valence-corrected chi connectivity index (χ2v) is 7.96. The van der Waals surface area contributed by atoms with Crippen molar-refractivity contribution in [1.29, 1.82) is 0 Å². The molecule has 3 rings (SSSR count). The Labute approximate surface area is 137 Å². The standard InChI is InChI=1S/C15H17F3N2O3S/c1-10-6-5-9-12-13(10)19-20(14(12,21)15(16,17)18)24(22,23)11-7-3-2-4-8-11/h2-4,7-8,10,12,21H,5-6,9H2,1H3/t10-,12-,14-/m1/s1. The number of hydrazone groups is 1. The van der Waals surface area contributed by atoms with Gasteiger partial charge in [0.05, 0.1) is 16.5 Å². The molecule has 0 radical (unpaired) electrons. The monoisotopic (exact) mass is 362 g/mol. The van der Waals surface area contributed by atoms with Crippen LogP contribution in [-0.2, 0) is 10.0 Å². The van der Waals surface area contributed by atoms with Crippen LogP contribution < -0.4 is 0 Å². The lowest BCUT2D eigenvalue weighted by molar-refractivity contribution is -0.306. The molecule has 1 aromatic rings. The molecule has 132 valence electrons. The molecule has 5 nitrogen and oxygen atoms in total. The summed E-state index contributed by atoms with van der Waals surface area (Å²) >= 11 is 0. The Balaban J connectivity index is 2.17. The Kier molecular flexibility index (Phi) is 3.91. The van der Waals surface area contributed by atoms with E-state index in [9.17, 15) is 26.7 Å². The van der Waals surface area contributed by atoms with Crippen LogP contribution in [0.15, 0.2) is 40.3 Å². The molecule has 0 unspecified atom stereocenters. The molecule has 2 aliphatic rings. The van der Waals surface area contributed by atoms with Crippen LogP contribution in [0.4, 0.5) is 13.2 Å². The molecule has 0 saturated heterocycles. The normalized spacial score (nSPS) is 30.9. The summed E-state index contributed by atoms with van der Waals surface area (Å²) in [7, 11) is -4.64. The van der Waals surface area contributed by atoms with Gasteiger partial charge in [-0.1, -0.05) is 31.5 Å². The van der Waals surface area contributed by atoms with Gasteiger partial charge in [-0.25, -0.2) is 0 Å². The van der Waals surface area contributed by atoms with E-state index in [1.54, 1.807) is 13.0 Å². The molecule has 0 amide bonds. The van der Waals surface area contributed by atoms with Gasteiger partial charge >= 0.3 is 6.18 Å². The predicted molar refractivity (Wildman–Crippen MR) is 80.4 cm³/mol. The number of rotatable bonds is 2. The van der Waals surface area contributed by atoms with Crippen molar-refractivity contribution in [3.05, 3.63) is 30.3 Å². The minimum Gasteiger partial charge on any atom is -0.361 e. The molecule has 1 N–H and O–H groups in total. The van der Waals surface area contributed by atoms with Crippen molar-refractivity contribution in [2.24, 2.45) is 16.9 Å². The van der Waals surface area contributed by atoms with Gasteiger partial charge in [-0.05, 0) is 30.9 Å². The van der Waals surface area contributed by atoms with Crippen LogP contribution >= 0.6 is 0 Å². The number of fused-ring (bicyclic) bond motifs is 1. The van der Waals surface area contributed by atoms with E-state index in [4.69, 9.17) is 0 Å². The number of aliphatic hydroxyl groups is 1. The lowest BCUT2D eigenvalue weighted by Crippen LogP contribution is -2.61. The first-order chi connectivity index (χ1) is 11.1. The summed E-state index contributed by atoms with van der Waals surface area (Å²) in [5, 5.41) is 14.3. The zero-order valence-corrected chi connectivity index (χ0v) is 13.7. The van der Waals surface area contributed by atoms with E-state index in [0.717, 1.165) is 0 Å². The average molecular weight is 362 g/mol. The third-order valence-electron chi connectivity index (χ3n) is 4.66. The molecule has 1 fully saturated rings. The lowest BCUT2D eigenvalue weighted by Gasteiger charge is -2.39. The molecule has 1 aromatic carbocycles. The largest absolute Gasteiger partial charge is 0.439 e. The van der Waals surface area contributed by atoms with Gasteiger partial charge in [-0.3, -0.25) is 0 Å². The topological polar surface area (TPSA) is 70.0 Å². The first kappa shape index (κ1) is 17.2. The number of nitrogens with zero attached hydrogens (tertiary/aromatic N) is 2. The second kappa shape index (κ2) is 5.45. The Morgan fingerprint density at radius 1 is 1.25 bits per heavy atom. The van der Waals surface area contributed by atoms with Gasteiger partial charge in [-0.2, -0.15) is 26.7 Å². The number of hydrogen-bond acceptors (Lipinski definition) is 4. The van der Waals surface area contributed by atoms with Gasteiger partial charge in [0.15, 0.2) is 0 Å². The van der Waals surface area contributed by atoms with Gasteiger partial charge in [0, 0.05) is 0 Å². The molecule has 1 aliphatic heterocycles. The summed E-state index contributed by atoms with van der Waals surface area (Å²) in [5.41, 5.74) is -3.45. The van der Waals surface area contributed by atoms with E-state index in [-0.39, 0.29) is 27.4 Å². The summed E-state index contributed by atoms with van der Waals surface area (Å²) in [4.78, 5) is -0.344. The number of benzene rings is 1. The highest BCUT2D eigenvalue weighted by atomic mass is 32.2. The van der Waals surface area contributed by atoms with Crippen molar-refractivity contribution in [1.82, 2.24) is 4.41 Å². The average Bonchev–Trinajstić information content (AvgIpc) is 2.85. The molecule has 1 heterocycles. The SMILES string of the molecule is C[C@@H]1CCC[C@@H]2C1=NN(S(=O)(=O)c1ccccc1)[C@]2(O)C(F)(F)F. The molecule has 0 spiro atoms. The summed E-state index contributed by atoms with van der Waals surface area (Å²) in [6.07, 6.45) is -4.03. The quantitative estimate of drug-likeness (QED) is 0.879. The zero-order chi connectivity index (χ0) is 17.8. The molecule has 1 aliphatic carbocycles. The van der Waals surface area contributed by atoms with Gasteiger partial charge in [0.1, 0.15) is 0 Å². The fourth-order valence-corrected chi connectivity index (χ4v) is 4.89. The molecule has 1 saturated carbocycles. The number of hydrogen-bond donors (Lipinski definition) is 1. The highest BCUT2D eigenvalue weighted by molar-refractivity contribution is 7.89. The zero-order valence-electron chi connectivity index (χ0n) is 12.9. The maximum absolute atomic E-state index is 13.7. The number of alkyl halides is 3. The number of sulfonamides is 1. The summed E-state index contributed by atoms with van der Waals surface area (Å²) in [5.74, 6) is -1.69. The predicted octanol–water partition coefficient (Wildman–Crippen LogP) is 2.73. The van der Waals surface area contributed by atoms with E-state index >= 15 is 0 Å². The highest BCUT2D eigenvalue weighted by Gasteiger charge is 2.70. The van der Waals surface area contributed by atoms with Crippen molar-refractivity contribution < 1.29 is 26.7 Å². The van der Waals surface area contributed by atoms with E-state index in [1.807, 2.05) is 0 Å². The summed E-state index contributed by atoms with van der Waals surface area (Å²) in [6.45, 7) is 1.69. The van der Waals surface area contributed by atoms with Crippen molar-refractivity contribution in [3.63, 3.8) is 0 Å². The van der Waals surface area contributed by atoms with E-state index < -0.39 is 27.8 Å². The summed E-state index contributed by atoms with van der Waals surface area (Å²) < 4.78 is 66.4. The van der Waals surface area contributed by atoms with Crippen LogP contribution in [-0.4, -0.2) is 35.6 Å². The van der Waals surface area contributed by atoms with Crippen LogP contribution in [0.3, 0.4) is 0 Å². The van der Waals surface area contributed by atoms with Crippen molar-refractivity contribution in [3.8, 4) is 0 Å². The minimum absolute atomic E-state index is 0.0417. The van der Waals surface area contributed by atoms with Crippen LogP contribution in [0.1, 0.15) is 26.2 Å². The van der Waals surface area contributed by atoms with E-state index in [0.29, 0.717) is 12.8 Å². The Hall–Kier alpha value is -1.61. The van der Waals surface area contributed by atoms with Gasteiger partial charge in [0.25, 0.3) is 15.7 Å². The first-order valence-corrected chi connectivity index (χ1v) is 9.02. The highest BCUT2D eigenvalue weighted by Crippen LogP contribution is 2.50. The van der Waals surface area contributed by atoms with Crippen molar-refractivity contribution in [2.45, 2.75) is 43.0 Å². The molecule has 0 bridgehead atoms.